The fourth-order valence-corrected chi connectivity index (χ4v) is 0.918. The van der Waals surface area contributed by atoms with Gasteiger partial charge in [-0.3, -0.25) is 4.79 Å². The number of carbonyl (C=O) groups excluding carboxylic acids is 1. The Morgan fingerprint density at radius 1 is 1.67 bits per heavy atom. The van der Waals surface area contributed by atoms with Gasteiger partial charge in [-0.25, -0.2) is 0 Å². The molecule has 1 saturated heterocycles. The summed E-state index contributed by atoms with van der Waals surface area (Å²) >= 11 is 0. The lowest BCUT2D eigenvalue weighted by atomic mass is 10.3. The Morgan fingerprint density at radius 3 is 2.56 bits per heavy atom. The van der Waals surface area contributed by atoms with Crippen molar-refractivity contribution < 1.29 is 4.79 Å². The second kappa shape index (κ2) is 2.08. The Labute approximate surface area is 54.5 Å². The van der Waals surface area contributed by atoms with Gasteiger partial charge >= 0.3 is 0 Å². The van der Waals surface area contributed by atoms with Crippen LogP contribution in [0.3, 0.4) is 0 Å². The summed E-state index contributed by atoms with van der Waals surface area (Å²) in [6.07, 6.45) is 1.42. The second-order valence-electron chi connectivity index (χ2n) is 2.08. The van der Waals surface area contributed by atoms with Crippen molar-refractivity contribution in [1.82, 2.24) is 4.90 Å². The van der Waals surface area contributed by atoms with Gasteiger partial charge in [0.1, 0.15) is 0 Å². The van der Waals surface area contributed by atoms with E-state index in [4.69, 9.17) is 0 Å². The van der Waals surface area contributed by atoms with E-state index in [1.807, 2.05) is 0 Å². The van der Waals surface area contributed by atoms with E-state index in [9.17, 15) is 4.79 Å². The summed E-state index contributed by atoms with van der Waals surface area (Å²) in [7, 11) is 1.75. The normalized spacial score (nSPS) is 18.6. The molecule has 0 unspecified atom stereocenters. The molecule has 1 aliphatic heterocycles. The third-order valence-corrected chi connectivity index (χ3v) is 1.56. The van der Waals surface area contributed by atoms with Crippen LogP contribution >= 0.6 is 0 Å². The summed E-state index contributed by atoms with van der Waals surface area (Å²) in [5, 5.41) is 0. The van der Waals surface area contributed by atoms with Crippen LogP contribution in [0, 0.1) is 0 Å². The van der Waals surface area contributed by atoms with Crippen molar-refractivity contribution in [3.05, 3.63) is 18.0 Å². The molecular formula is C7H9NO. The van der Waals surface area contributed by atoms with Gasteiger partial charge in [-0.15, -0.1) is 5.73 Å². The number of hydrogen-bond donors (Lipinski definition) is 0. The molecule has 1 amide bonds. The average molecular weight is 123 g/mol. The van der Waals surface area contributed by atoms with Crippen LogP contribution in [0.4, 0.5) is 0 Å². The molecule has 0 aromatic rings. The fraction of sp³-hybridized carbons (Fsp3) is 0.429. The zero-order valence-corrected chi connectivity index (χ0v) is 5.48. The van der Waals surface area contributed by atoms with Gasteiger partial charge in [-0.05, 0) is 0 Å². The van der Waals surface area contributed by atoms with Crippen molar-refractivity contribution in [3.8, 4) is 0 Å². The van der Waals surface area contributed by atoms with Gasteiger partial charge in [0.2, 0.25) is 5.91 Å². The Hall–Kier alpha value is -1.01. The summed E-state index contributed by atoms with van der Waals surface area (Å²) < 4.78 is 0. The lowest BCUT2D eigenvalue weighted by Crippen LogP contribution is -2.16. The van der Waals surface area contributed by atoms with Crippen molar-refractivity contribution >= 4 is 5.91 Å². The summed E-state index contributed by atoms with van der Waals surface area (Å²) in [5.74, 6) is 0.168. The van der Waals surface area contributed by atoms with Crippen molar-refractivity contribution in [1.29, 1.82) is 0 Å². The number of hydrogen-bond acceptors (Lipinski definition) is 1. The standard InChI is InChI=1S/C7H9NO/c1-3-6-4-5-7(9)8(6)2/h1,4-5H2,2H3. The van der Waals surface area contributed by atoms with E-state index in [2.05, 4.69) is 12.3 Å². The van der Waals surface area contributed by atoms with Crippen LogP contribution in [0.1, 0.15) is 12.8 Å². The molecule has 48 valence electrons. The molecule has 0 bridgehead atoms. The van der Waals surface area contributed by atoms with Gasteiger partial charge < -0.3 is 4.90 Å². The highest BCUT2D eigenvalue weighted by atomic mass is 16.2. The minimum atomic E-state index is 0.168. The molecule has 0 radical (unpaired) electrons. The van der Waals surface area contributed by atoms with Crippen LogP contribution in [0.2, 0.25) is 0 Å². The highest BCUT2D eigenvalue weighted by Crippen LogP contribution is 2.17. The predicted molar refractivity (Wildman–Crippen MR) is 34.7 cm³/mol. The number of rotatable bonds is 0. The molecule has 0 atom stereocenters. The second-order valence-corrected chi connectivity index (χ2v) is 2.08. The van der Waals surface area contributed by atoms with Crippen LogP contribution < -0.4 is 0 Å². The van der Waals surface area contributed by atoms with E-state index in [0.717, 1.165) is 12.1 Å². The Bertz CT molecular complexity index is 189. The average Bonchev–Trinajstić information content (AvgIpc) is 2.15. The smallest absolute Gasteiger partial charge is 0.227 e. The molecule has 1 aliphatic rings. The van der Waals surface area contributed by atoms with Gasteiger partial charge in [0, 0.05) is 19.9 Å². The molecule has 1 heterocycles. The largest absolute Gasteiger partial charge is 0.312 e. The molecule has 2 nitrogen and oxygen atoms in total. The molecule has 1 rings (SSSR count). The van der Waals surface area contributed by atoms with E-state index in [1.165, 1.54) is 0 Å². The fourth-order valence-electron chi connectivity index (χ4n) is 0.918. The van der Waals surface area contributed by atoms with E-state index < -0.39 is 0 Å². The van der Waals surface area contributed by atoms with E-state index in [0.29, 0.717) is 6.42 Å². The SMILES string of the molecule is C=C=C1CCC(=O)N1C. The predicted octanol–water partition coefficient (Wildman–Crippen LogP) is 0.907. The number of carbonyl (C=O) groups is 1. The lowest BCUT2D eigenvalue weighted by Gasteiger charge is -2.06. The molecule has 0 N–H and O–H groups in total. The lowest BCUT2D eigenvalue weighted by molar-refractivity contribution is -0.125. The van der Waals surface area contributed by atoms with Crippen molar-refractivity contribution in [3.63, 3.8) is 0 Å². The highest BCUT2D eigenvalue weighted by Gasteiger charge is 2.20. The van der Waals surface area contributed by atoms with Crippen molar-refractivity contribution in [2.75, 3.05) is 7.05 Å². The molecule has 0 aliphatic carbocycles. The molecule has 0 aromatic carbocycles. The van der Waals surface area contributed by atoms with Crippen molar-refractivity contribution in [2.45, 2.75) is 12.8 Å². The van der Waals surface area contributed by atoms with Gasteiger partial charge in [-0.2, -0.15) is 0 Å². The third kappa shape index (κ3) is 0.889. The Kier molecular flexibility index (Phi) is 1.41. The van der Waals surface area contributed by atoms with E-state index >= 15 is 0 Å². The Balaban J connectivity index is 2.85. The third-order valence-electron chi connectivity index (χ3n) is 1.56. The van der Waals surface area contributed by atoms with Crippen LogP contribution in [0.15, 0.2) is 18.0 Å². The van der Waals surface area contributed by atoms with Crippen LogP contribution in [-0.4, -0.2) is 17.9 Å². The summed E-state index contributed by atoms with van der Waals surface area (Å²) in [4.78, 5) is 12.4. The van der Waals surface area contributed by atoms with Gasteiger partial charge in [0.05, 0.1) is 5.70 Å². The van der Waals surface area contributed by atoms with Crippen LogP contribution in [0.5, 0.6) is 0 Å². The quantitative estimate of drug-likeness (QED) is 0.438. The van der Waals surface area contributed by atoms with Crippen LogP contribution in [-0.2, 0) is 4.79 Å². The molecule has 0 saturated carbocycles. The molecule has 1 fully saturated rings. The minimum absolute atomic E-state index is 0.168. The van der Waals surface area contributed by atoms with Gasteiger partial charge in [-0.1, -0.05) is 6.58 Å². The maximum Gasteiger partial charge on any atom is 0.227 e. The molecule has 0 aromatic heterocycles. The summed E-state index contributed by atoms with van der Waals surface area (Å²) in [6, 6.07) is 0. The highest BCUT2D eigenvalue weighted by molar-refractivity contribution is 5.80. The first-order chi connectivity index (χ1) is 4.25. The number of likely N-dealkylation sites (tertiary alicyclic amines) is 1. The number of allylic oxidation sites excluding steroid dienone is 1. The number of amides is 1. The van der Waals surface area contributed by atoms with Gasteiger partial charge in [0.15, 0.2) is 0 Å². The maximum absolute atomic E-state index is 10.8. The molecular weight excluding hydrogens is 114 g/mol. The van der Waals surface area contributed by atoms with Gasteiger partial charge in [0.25, 0.3) is 0 Å². The zero-order valence-electron chi connectivity index (χ0n) is 5.48. The first kappa shape index (κ1) is 6.12. The van der Waals surface area contributed by atoms with Crippen molar-refractivity contribution in [2.24, 2.45) is 0 Å². The zero-order chi connectivity index (χ0) is 6.85. The first-order valence-electron chi connectivity index (χ1n) is 2.91. The summed E-state index contributed by atoms with van der Waals surface area (Å²) in [6.45, 7) is 3.47. The number of nitrogens with zero attached hydrogens (tertiary/aromatic N) is 1. The first-order valence-corrected chi connectivity index (χ1v) is 2.91. The van der Waals surface area contributed by atoms with E-state index in [1.54, 1.807) is 11.9 Å². The molecule has 0 spiro atoms. The molecule has 2 heteroatoms. The minimum Gasteiger partial charge on any atom is -0.312 e. The maximum atomic E-state index is 10.8. The molecule has 9 heavy (non-hydrogen) atoms. The topological polar surface area (TPSA) is 20.3 Å². The van der Waals surface area contributed by atoms with Crippen LogP contribution in [0.25, 0.3) is 0 Å². The Morgan fingerprint density at radius 2 is 2.33 bits per heavy atom. The monoisotopic (exact) mass is 123 g/mol. The van der Waals surface area contributed by atoms with E-state index in [-0.39, 0.29) is 5.91 Å². The summed E-state index contributed by atoms with van der Waals surface area (Å²) in [5.41, 5.74) is 3.63.